The first kappa shape index (κ1) is 17.5. The van der Waals surface area contributed by atoms with Gasteiger partial charge in [0, 0.05) is 51.7 Å². The number of carbonyl (C=O) groups is 1. The highest BCUT2D eigenvalue weighted by molar-refractivity contribution is 5.78. The SMILES string of the molecule is O=C(CN1CCN(Cc2ccncc2)CC1)NCc1cccc(F)c1. The Morgan fingerprint density at radius 3 is 2.48 bits per heavy atom. The minimum atomic E-state index is -0.280. The van der Waals surface area contributed by atoms with Crippen LogP contribution in [0.15, 0.2) is 48.8 Å². The molecular formula is C19H23FN4O. The second kappa shape index (κ2) is 8.69. The molecule has 132 valence electrons. The van der Waals surface area contributed by atoms with Crippen LogP contribution in [0.25, 0.3) is 0 Å². The van der Waals surface area contributed by atoms with Gasteiger partial charge in [0.1, 0.15) is 5.82 Å². The van der Waals surface area contributed by atoms with Crippen molar-refractivity contribution in [2.24, 2.45) is 0 Å². The number of carbonyl (C=O) groups excluding carboxylic acids is 1. The molecule has 1 aromatic heterocycles. The zero-order valence-electron chi connectivity index (χ0n) is 14.2. The number of rotatable bonds is 6. The Hall–Kier alpha value is -2.31. The van der Waals surface area contributed by atoms with Crippen LogP contribution in [0.5, 0.6) is 0 Å². The van der Waals surface area contributed by atoms with E-state index in [1.165, 1.54) is 17.7 Å². The highest BCUT2D eigenvalue weighted by Gasteiger charge is 2.18. The molecule has 0 aliphatic carbocycles. The first-order valence-electron chi connectivity index (χ1n) is 8.54. The Morgan fingerprint density at radius 2 is 1.76 bits per heavy atom. The Labute approximate surface area is 147 Å². The number of hydrogen-bond donors (Lipinski definition) is 1. The number of amides is 1. The van der Waals surface area contributed by atoms with Gasteiger partial charge in [-0.3, -0.25) is 19.6 Å². The smallest absolute Gasteiger partial charge is 0.234 e. The van der Waals surface area contributed by atoms with Crippen molar-refractivity contribution < 1.29 is 9.18 Å². The molecule has 0 spiro atoms. The van der Waals surface area contributed by atoms with Gasteiger partial charge in [-0.2, -0.15) is 0 Å². The van der Waals surface area contributed by atoms with Gasteiger partial charge >= 0.3 is 0 Å². The standard InChI is InChI=1S/C19H23FN4O/c20-18-3-1-2-17(12-18)13-22-19(25)15-24-10-8-23(9-11-24)14-16-4-6-21-7-5-16/h1-7,12H,8-11,13-15H2,(H,22,25). The van der Waals surface area contributed by atoms with E-state index < -0.39 is 0 Å². The van der Waals surface area contributed by atoms with Crippen molar-refractivity contribution in [1.82, 2.24) is 20.1 Å². The minimum Gasteiger partial charge on any atom is -0.351 e. The molecule has 3 rings (SSSR count). The van der Waals surface area contributed by atoms with E-state index in [1.807, 2.05) is 24.5 Å². The van der Waals surface area contributed by atoms with Crippen LogP contribution in [-0.4, -0.2) is 53.4 Å². The molecule has 1 N–H and O–H groups in total. The zero-order chi connectivity index (χ0) is 17.5. The van der Waals surface area contributed by atoms with Gasteiger partial charge < -0.3 is 5.32 Å². The third-order valence-corrected chi connectivity index (χ3v) is 4.37. The van der Waals surface area contributed by atoms with Crippen molar-refractivity contribution in [2.45, 2.75) is 13.1 Å². The van der Waals surface area contributed by atoms with Gasteiger partial charge in [-0.25, -0.2) is 4.39 Å². The monoisotopic (exact) mass is 342 g/mol. The van der Waals surface area contributed by atoms with Gasteiger partial charge in [0.05, 0.1) is 6.54 Å². The summed E-state index contributed by atoms with van der Waals surface area (Å²) in [6.45, 7) is 5.30. The fourth-order valence-electron chi connectivity index (χ4n) is 2.96. The average Bonchev–Trinajstić information content (AvgIpc) is 2.63. The molecule has 25 heavy (non-hydrogen) atoms. The predicted molar refractivity (Wildman–Crippen MR) is 94.2 cm³/mol. The highest BCUT2D eigenvalue weighted by atomic mass is 19.1. The van der Waals surface area contributed by atoms with E-state index in [4.69, 9.17) is 0 Å². The fourth-order valence-corrected chi connectivity index (χ4v) is 2.96. The number of hydrogen-bond acceptors (Lipinski definition) is 4. The molecule has 0 bridgehead atoms. The normalized spacial score (nSPS) is 15.9. The van der Waals surface area contributed by atoms with E-state index in [1.54, 1.807) is 12.1 Å². The molecule has 1 amide bonds. The molecule has 0 radical (unpaired) electrons. The molecule has 2 aromatic rings. The molecule has 1 saturated heterocycles. The molecule has 1 fully saturated rings. The summed E-state index contributed by atoms with van der Waals surface area (Å²) in [5.41, 5.74) is 2.03. The van der Waals surface area contributed by atoms with E-state index >= 15 is 0 Å². The van der Waals surface area contributed by atoms with Crippen molar-refractivity contribution in [3.8, 4) is 0 Å². The lowest BCUT2D eigenvalue weighted by molar-refractivity contribution is -0.122. The van der Waals surface area contributed by atoms with E-state index in [0.717, 1.165) is 38.3 Å². The maximum absolute atomic E-state index is 13.1. The molecule has 0 unspecified atom stereocenters. The lowest BCUT2D eigenvalue weighted by Crippen LogP contribution is -2.49. The van der Waals surface area contributed by atoms with Gasteiger partial charge in [-0.1, -0.05) is 12.1 Å². The summed E-state index contributed by atoms with van der Waals surface area (Å²) >= 11 is 0. The van der Waals surface area contributed by atoms with Gasteiger partial charge in [0.25, 0.3) is 0 Å². The molecular weight excluding hydrogens is 319 g/mol. The van der Waals surface area contributed by atoms with Crippen molar-refractivity contribution in [1.29, 1.82) is 0 Å². The van der Waals surface area contributed by atoms with Crippen molar-refractivity contribution in [3.05, 3.63) is 65.7 Å². The second-order valence-electron chi connectivity index (χ2n) is 6.31. The lowest BCUT2D eigenvalue weighted by Gasteiger charge is -2.34. The fraction of sp³-hybridized carbons (Fsp3) is 0.368. The van der Waals surface area contributed by atoms with Crippen molar-refractivity contribution >= 4 is 5.91 Å². The number of benzene rings is 1. The molecule has 6 heteroatoms. The molecule has 0 saturated carbocycles. The Kier molecular flexibility index (Phi) is 6.09. The third kappa shape index (κ3) is 5.62. The number of nitrogens with zero attached hydrogens (tertiary/aromatic N) is 3. The summed E-state index contributed by atoms with van der Waals surface area (Å²) < 4.78 is 13.1. The summed E-state index contributed by atoms with van der Waals surface area (Å²) in [7, 11) is 0. The number of halogens is 1. The van der Waals surface area contributed by atoms with E-state index in [2.05, 4.69) is 20.1 Å². The maximum Gasteiger partial charge on any atom is 0.234 e. The van der Waals surface area contributed by atoms with Gasteiger partial charge in [-0.05, 0) is 35.4 Å². The first-order valence-corrected chi connectivity index (χ1v) is 8.54. The van der Waals surface area contributed by atoms with Crippen molar-refractivity contribution in [2.75, 3.05) is 32.7 Å². The number of nitrogens with one attached hydrogen (secondary N) is 1. The van der Waals surface area contributed by atoms with E-state index in [-0.39, 0.29) is 11.7 Å². The highest BCUT2D eigenvalue weighted by Crippen LogP contribution is 2.08. The molecule has 1 aromatic carbocycles. The van der Waals surface area contributed by atoms with E-state index in [9.17, 15) is 9.18 Å². The summed E-state index contributed by atoms with van der Waals surface area (Å²) in [6.07, 6.45) is 3.63. The van der Waals surface area contributed by atoms with Crippen LogP contribution in [0.2, 0.25) is 0 Å². The van der Waals surface area contributed by atoms with Crippen LogP contribution >= 0.6 is 0 Å². The molecule has 5 nitrogen and oxygen atoms in total. The van der Waals surface area contributed by atoms with Crippen LogP contribution in [0.4, 0.5) is 4.39 Å². The van der Waals surface area contributed by atoms with Crippen molar-refractivity contribution in [3.63, 3.8) is 0 Å². The maximum atomic E-state index is 13.1. The van der Waals surface area contributed by atoms with Crippen LogP contribution in [0.1, 0.15) is 11.1 Å². The molecule has 0 atom stereocenters. The van der Waals surface area contributed by atoms with Crippen LogP contribution in [0.3, 0.4) is 0 Å². The number of pyridine rings is 1. The van der Waals surface area contributed by atoms with Gasteiger partial charge in [0.15, 0.2) is 0 Å². The van der Waals surface area contributed by atoms with Crippen LogP contribution < -0.4 is 5.32 Å². The van der Waals surface area contributed by atoms with Gasteiger partial charge in [0.2, 0.25) is 5.91 Å². The number of piperazine rings is 1. The van der Waals surface area contributed by atoms with Crippen LogP contribution in [0, 0.1) is 5.82 Å². The van der Waals surface area contributed by atoms with Crippen LogP contribution in [-0.2, 0) is 17.9 Å². The Balaban J connectivity index is 1.37. The minimum absolute atomic E-state index is 0.0214. The molecule has 2 heterocycles. The quantitative estimate of drug-likeness (QED) is 0.867. The first-order chi connectivity index (χ1) is 12.2. The number of aromatic nitrogens is 1. The molecule has 1 aliphatic heterocycles. The van der Waals surface area contributed by atoms with E-state index in [0.29, 0.717) is 13.1 Å². The topological polar surface area (TPSA) is 48.5 Å². The second-order valence-corrected chi connectivity index (χ2v) is 6.31. The summed E-state index contributed by atoms with van der Waals surface area (Å²) in [6, 6.07) is 10.4. The summed E-state index contributed by atoms with van der Waals surface area (Å²) in [5, 5.41) is 2.86. The third-order valence-electron chi connectivity index (χ3n) is 4.37. The summed E-state index contributed by atoms with van der Waals surface area (Å²) in [4.78, 5) is 20.7. The Morgan fingerprint density at radius 1 is 1.04 bits per heavy atom. The molecule has 1 aliphatic rings. The Bertz CT molecular complexity index is 687. The largest absolute Gasteiger partial charge is 0.351 e. The summed E-state index contributed by atoms with van der Waals surface area (Å²) in [5.74, 6) is -0.302. The predicted octanol–water partition coefficient (Wildman–Crippen LogP) is 1.65. The average molecular weight is 342 g/mol. The zero-order valence-corrected chi connectivity index (χ0v) is 14.2. The lowest BCUT2D eigenvalue weighted by atomic mass is 10.2. The van der Waals surface area contributed by atoms with Gasteiger partial charge in [-0.15, -0.1) is 0 Å².